The van der Waals surface area contributed by atoms with Gasteiger partial charge in [0, 0.05) is 37.9 Å². The molecule has 2 N–H and O–H groups in total. The fraction of sp³-hybridized carbons (Fsp3) is 0.529. The maximum Gasteiger partial charge on any atom is 0.191 e. The second kappa shape index (κ2) is 9.03. The zero-order valence-electron chi connectivity index (χ0n) is 14.3. The molecular formula is C17H26N4S2. The van der Waals surface area contributed by atoms with Crippen molar-refractivity contribution in [1.29, 1.82) is 0 Å². The van der Waals surface area contributed by atoms with Gasteiger partial charge < -0.3 is 10.6 Å². The molecule has 0 aromatic carbocycles. The van der Waals surface area contributed by atoms with Gasteiger partial charge >= 0.3 is 0 Å². The molecule has 4 nitrogen and oxygen atoms in total. The first-order valence-electron chi connectivity index (χ1n) is 8.01. The molecule has 0 fully saturated rings. The van der Waals surface area contributed by atoms with Crippen molar-refractivity contribution in [2.75, 3.05) is 20.1 Å². The summed E-state index contributed by atoms with van der Waals surface area (Å²) in [4.78, 5) is 8.94. The molecule has 1 unspecified atom stereocenters. The topological polar surface area (TPSA) is 49.3 Å². The van der Waals surface area contributed by atoms with Gasteiger partial charge in [-0.05, 0) is 28.3 Å². The Morgan fingerprint density at radius 3 is 2.70 bits per heavy atom. The molecule has 2 rings (SSSR count). The number of rotatable bonds is 7. The highest BCUT2D eigenvalue weighted by Gasteiger charge is 2.08. The average molecular weight is 351 g/mol. The first-order valence-corrected chi connectivity index (χ1v) is 9.83. The molecule has 0 bridgehead atoms. The number of aromatic nitrogens is 1. The molecule has 0 spiro atoms. The smallest absolute Gasteiger partial charge is 0.191 e. The number of guanidine groups is 1. The molecule has 23 heavy (non-hydrogen) atoms. The van der Waals surface area contributed by atoms with Crippen LogP contribution < -0.4 is 10.6 Å². The average Bonchev–Trinajstić information content (AvgIpc) is 3.21. The van der Waals surface area contributed by atoms with Gasteiger partial charge in [-0.2, -0.15) is 11.3 Å². The minimum Gasteiger partial charge on any atom is -0.356 e. The highest BCUT2D eigenvalue weighted by atomic mass is 32.1. The lowest BCUT2D eigenvalue weighted by Gasteiger charge is -2.15. The predicted molar refractivity (Wildman–Crippen MR) is 102 cm³/mol. The molecule has 0 aliphatic carbocycles. The maximum atomic E-state index is 4.66. The van der Waals surface area contributed by atoms with Gasteiger partial charge in [0.05, 0.1) is 10.7 Å². The highest BCUT2D eigenvalue weighted by molar-refractivity contribution is 7.09. The van der Waals surface area contributed by atoms with Crippen molar-refractivity contribution in [3.63, 3.8) is 0 Å². The van der Waals surface area contributed by atoms with Crippen LogP contribution in [-0.4, -0.2) is 31.1 Å². The zero-order chi connectivity index (χ0) is 16.7. The third-order valence-corrected chi connectivity index (χ3v) is 5.54. The molecule has 0 aliphatic rings. The lowest BCUT2D eigenvalue weighted by atomic mass is 10.1. The van der Waals surface area contributed by atoms with Crippen LogP contribution in [0.25, 0.3) is 0 Å². The first-order chi connectivity index (χ1) is 11.1. The van der Waals surface area contributed by atoms with Crippen molar-refractivity contribution in [3.05, 3.63) is 38.5 Å². The van der Waals surface area contributed by atoms with Gasteiger partial charge in [-0.15, -0.1) is 11.3 Å². The molecule has 2 aromatic rings. The Morgan fingerprint density at radius 2 is 2.09 bits per heavy atom. The van der Waals surface area contributed by atoms with Crippen molar-refractivity contribution >= 4 is 28.6 Å². The Labute approximate surface area is 147 Å². The van der Waals surface area contributed by atoms with Crippen LogP contribution >= 0.6 is 22.7 Å². The van der Waals surface area contributed by atoms with Crippen LogP contribution in [0.4, 0.5) is 0 Å². The van der Waals surface area contributed by atoms with Gasteiger partial charge in [-0.25, -0.2) is 4.98 Å². The normalized spacial score (nSPS) is 13.3. The van der Waals surface area contributed by atoms with E-state index >= 15 is 0 Å². The number of hydrogen-bond acceptors (Lipinski definition) is 4. The quantitative estimate of drug-likeness (QED) is 0.589. The number of thiophene rings is 1. The lowest BCUT2D eigenvalue weighted by Crippen LogP contribution is -2.39. The minimum absolute atomic E-state index is 0.479. The van der Waals surface area contributed by atoms with E-state index in [1.165, 1.54) is 10.6 Å². The van der Waals surface area contributed by atoms with Crippen LogP contribution in [0.3, 0.4) is 0 Å². The van der Waals surface area contributed by atoms with E-state index in [2.05, 4.69) is 63.6 Å². The lowest BCUT2D eigenvalue weighted by molar-refractivity contribution is 0.698. The third kappa shape index (κ3) is 5.62. The van der Waals surface area contributed by atoms with Crippen LogP contribution in [-0.2, 0) is 6.42 Å². The summed E-state index contributed by atoms with van der Waals surface area (Å²) in [5.74, 6) is 1.84. The van der Waals surface area contributed by atoms with E-state index in [9.17, 15) is 0 Å². The summed E-state index contributed by atoms with van der Waals surface area (Å²) < 4.78 is 0. The molecule has 6 heteroatoms. The van der Waals surface area contributed by atoms with E-state index in [0.29, 0.717) is 11.8 Å². The van der Waals surface area contributed by atoms with Crippen LogP contribution in [0.15, 0.2) is 27.2 Å². The summed E-state index contributed by atoms with van der Waals surface area (Å²) in [5.41, 5.74) is 2.54. The number of nitrogens with one attached hydrogen (secondary N) is 2. The van der Waals surface area contributed by atoms with E-state index in [4.69, 9.17) is 0 Å². The van der Waals surface area contributed by atoms with Gasteiger partial charge in [0.1, 0.15) is 0 Å². The number of aliphatic imine (C=N–C) groups is 1. The standard InChI is InChI=1S/C17H26N4S2/c1-12(2)16-21-15(11-23-16)5-7-19-17(18-4)20-9-13(3)14-6-8-22-10-14/h6,8,10-13H,5,7,9H2,1-4H3,(H2,18,19,20). The summed E-state index contributed by atoms with van der Waals surface area (Å²) in [5, 5.41) is 14.5. The maximum absolute atomic E-state index is 4.66. The van der Waals surface area contributed by atoms with E-state index in [0.717, 1.165) is 31.2 Å². The van der Waals surface area contributed by atoms with Gasteiger partial charge in [0.15, 0.2) is 5.96 Å². The van der Waals surface area contributed by atoms with E-state index in [1.807, 2.05) is 7.05 Å². The third-order valence-electron chi connectivity index (χ3n) is 3.65. The molecule has 0 radical (unpaired) electrons. The van der Waals surface area contributed by atoms with Crippen molar-refractivity contribution in [2.45, 2.75) is 39.0 Å². The van der Waals surface area contributed by atoms with Crippen molar-refractivity contribution < 1.29 is 0 Å². The molecule has 0 saturated carbocycles. The Bertz CT molecular complexity index is 602. The second-order valence-electron chi connectivity index (χ2n) is 5.92. The summed E-state index contributed by atoms with van der Waals surface area (Å²) in [6.45, 7) is 8.31. The van der Waals surface area contributed by atoms with Gasteiger partial charge in [-0.1, -0.05) is 20.8 Å². The molecule has 126 valence electrons. The Hall–Kier alpha value is -1.40. The van der Waals surface area contributed by atoms with Crippen molar-refractivity contribution in [1.82, 2.24) is 15.6 Å². The molecule has 1 atom stereocenters. The SMILES string of the molecule is CN=C(NCCc1csc(C(C)C)n1)NCC(C)c1ccsc1. The van der Waals surface area contributed by atoms with Crippen LogP contribution in [0.1, 0.15) is 48.9 Å². The summed E-state index contributed by atoms with van der Waals surface area (Å²) in [6.07, 6.45) is 0.921. The van der Waals surface area contributed by atoms with Gasteiger partial charge in [0.2, 0.25) is 0 Å². The largest absolute Gasteiger partial charge is 0.356 e. The predicted octanol–water partition coefficient (Wildman–Crippen LogP) is 3.84. The second-order valence-corrected chi connectivity index (χ2v) is 7.59. The van der Waals surface area contributed by atoms with Crippen LogP contribution in [0.2, 0.25) is 0 Å². The molecular weight excluding hydrogens is 324 g/mol. The van der Waals surface area contributed by atoms with E-state index < -0.39 is 0 Å². The zero-order valence-corrected chi connectivity index (χ0v) is 15.9. The van der Waals surface area contributed by atoms with E-state index in [1.54, 1.807) is 22.7 Å². The summed E-state index contributed by atoms with van der Waals surface area (Å²) in [7, 11) is 1.81. The van der Waals surface area contributed by atoms with Crippen molar-refractivity contribution in [2.24, 2.45) is 4.99 Å². The van der Waals surface area contributed by atoms with Crippen LogP contribution in [0, 0.1) is 0 Å². The summed E-state index contributed by atoms with van der Waals surface area (Å²) in [6, 6.07) is 2.18. The molecule has 2 heterocycles. The summed E-state index contributed by atoms with van der Waals surface area (Å²) >= 11 is 3.49. The Kier molecular flexibility index (Phi) is 7.05. The van der Waals surface area contributed by atoms with E-state index in [-0.39, 0.29) is 0 Å². The monoisotopic (exact) mass is 350 g/mol. The van der Waals surface area contributed by atoms with Crippen molar-refractivity contribution in [3.8, 4) is 0 Å². The van der Waals surface area contributed by atoms with Crippen LogP contribution in [0.5, 0.6) is 0 Å². The minimum atomic E-state index is 0.479. The Morgan fingerprint density at radius 1 is 1.26 bits per heavy atom. The number of hydrogen-bond donors (Lipinski definition) is 2. The molecule has 0 aliphatic heterocycles. The number of nitrogens with zero attached hydrogens (tertiary/aromatic N) is 2. The molecule has 2 aromatic heterocycles. The highest BCUT2D eigenvalue weighted by Crippen LogP contribution is 2.19. The van der Waals surface area contributed by atoms with Gasteiger partial charge in [0.25, 0.3) is 0 Å². The molecule has 0 amide bonds. The Balaban J connectivity index is 1.72. The van der Waals surface area contributed by atoms with Gasteiger partial charge in [-0.3, -0.25) is 4.99 Å². The fourth-order valence-corrected chi connectivity index (χ4v) is 3.81. The first kappa shape index (κ1) is 17.9. The molecule has 0 saturated heterocycles. The fourth-order valence-electron chi connectivity index (χ4n) is 2.16. The number of thiazole rings is 1.